The monoisotopic (exact) mass is 427 g/mol. The van der Waals surface area contributed by atoms with Gasteiger partial charge in [-0.15, -0.1) is 0 Å². The van der Waals surface area contributed by atoms with Crippen molar-refractivity contribution in [3.05, 3.63) is 68.0 Å². The molecule has 1 aromatic heterocycles. The molecule has 0 atom stereocenters. The number of hydrogen-bond donors (Lipinski definition) is 0. The van der Waals surface area contributed by atoms with Gasteiger partial charge in [0.2, 0.25) is 0 Å². The zero-order valence-corrected chi connectivity index (χ0v) is 17.7. The Morgan fingerprint density at radius 3 is 2.63 bits per heavy atom. The number of aromatic nitrogens is 1. The predicted octanol–water partition coefficient (Wildman–Crippen LogP) is 3.46. The van der Waals surface area contributed by atoms with Crippen LogP contribution in [-0.2, 0) is 27.3 Å². The first-order chi connectivity index (χ1) is 14.3. The topological polar surface area (TPSA) is 104 Å². The first-order valence-corrected chi connectivity index (χ1v) is 10.2. The highest BCUT2D eigenvalue weighted by atomic mass is 32.1. The van der Waals surface area contributed by atoms with E-state index in [2.05, 4.69) is 4.99 Å². The van der Waals surface area contributed by atoms with Crippen molar-refractivity contribution in [2.45, 2.75) is 33.7 Å². The Labute approximate surface area is 176 Å². The van der Waals surface area contributed by atoms with E-state index in [1.807, 2.05) is 32.0 Å². The van der Waals surface area contributed by atoms with Crippen LogP contribution in [-0.4, -0.2) is 28.0 Å². The maximum atomic E-state index is 12.6. The van der Waals surface area contributed by atoms with Crippen LogP contribution in [0, 0.1) is 24.0 Å². The van der Waals surface area contributed by atoms with Gasteiger partial charge in [-0.05, 0) is 38.0 Å². The molecule has 156 valence electrons. The van der Waals surface area contributed by atoms with Crippen molar-refractivity contribution in [3.63, 3.8) is 0 Å². The Kier molecular flexibility index (Phi) is 6.41. The molecule has 0 radical (unpaired) electrons. The second-order valence-electron chi connectivity index (χ2n) is 6.80. The summed E-state index contributed by atoms with van der Waals surface area (Å²) in [6, 6.07) is 10.2. The third-order valence-corrected chi connectivity index (χ3v) is 5.59. The highest BCUT2D eigenvalue weighted by Gasteiger charge is 2.16. The van der Waals surface area contributed by atoms with E-state index in [4.69, 9.17) is 4.74 Å². The fourth-order valence-corrected chi connectivity index (χ4v) is 4.13. The van der Waals surface area contributed by atoms with Gasteiger partial charge in [0, 0.05) is 12.1 Å². The number of esters is 1. The lowest BCUT2D eigenvalue weighted by atomic mass is 10.0. The number of rotatable bonds is 6. The fourth-order valence-electron chi connectivity index (χ4n) is 3.10. The lowest BCUT2D eigenvalue weighted by molar-refractivity contribution is -0.384. The lowest BCUT2D eigenvalue weighted by Gasteiger charge is -2.06. The van der Waals surface area contributed by atoms with E-state index in [0.717, 1.165) is 16.7 Å². The van der Waals surface area contributed by atoms with Gasteiger partial charge in [-0.2, -0.15) is 4.99 Å². The second kappa shape index (κ2) is 9.00. The van der Waals surface area contributed by atoms with Crippen molar-refractivity contribution in [1.29, 1.82) is 0 Å². The summed E-state index contributed by atoms with van der Waals surface area (Å²) in [5.74, 6) is -0.868. The summed E-state index contributed by atoms with van der Waals surface area (Å²) >= 11 is 1.20. The standard InChI is InChI=1S/C21H21N3O5S/c1-4-29-20(26)12-23-17-11-16(24(27)28)7-8-18(17)30-21(23)22-19(25)10-15-6-5-13(2)9-14(15)3/h5-9,11H,4,10,12H2,1-3H3. The Balaban J connectivity index is 2.04. The van der Waals surface area contributed by atoms with E-state index >= 15 is 0 Å². The molecule has 0 N–H and O–H groups in total. The molecule has 3 aromatic rings. The quantitative estimate of drug-likeness (QED) is 0.340. The van der Waals surface area contributed by atoms with Gasteiger partial charge in [-0.25, -0.2) is 0 Å². The minimum Gasteiger partial charge on any atom is -0.465 e. The molecule has 0 aliphatic carbocycles. The van der Waals surface area contributed by atoms with Gasteiger partial charge >= 0.3 is 5.97 Å². The number of nitro groups is 1. The van der Waals surface area contributed by atoms with Gasteiger partial charge in [0.15, 0.2) is 4.80 Å². The molecule has 0 aliphatic rings. The highest BCUT2D eigenvalue weighted by Crippen LogP contribution is 2.23. The number of fused-ring (bicyclic) bond motifs is 1. The van der Waals surface area contributed by atoms with E-state index < -0.39 is 10.9 Å². The maximum absolute atomic E-state index is 12.6. The van der Waals surface area contributed by atoms with Crippen molar-refractivity contribution < 1.29 is 19.2 Å². The van der Waals surface area contributed by atoms with Crippen LogP contribution >= 0.6 is 11.3 Å². The summed E-state index contributed by atoms with van der Waals surface area (Å²) in [5, 5.41) is 11.2. The van der Waals surface area contributed by atoms with Crippen LogP contribution in [0.3, 0.4) is 0 Å². The molecule has 0 fully saturated rings. The van der Waals surface area contributed by atoms with Crippen LogP contribution in [0.1, 0.15) is 23.6 Å². The third kappa shape index (κ3) is 4.80. The number of carbonyl (C=O) groups is 2. The SMILES string of the molecule is CCOC(=O)Cn1c(=NC(=O)Cc2ccc(C)cc2C)sc2ccc([N+](=O)[O-])cc21. The molecule has 3 rings (SSSR count). The average molecular weight is 427 g/mol. The summed E-state index contributed by atoms with van der Waals surface area (Å²) in [6.07, 6.45) is 0.125. The Hall–Kier alpha value is -3.33. The number of hydrogen-bond acceptors (Lipinski definition) is 6. The molecular formula is C21H21N3O5S. The molecule has 30 heavy (non-hydrogen) atoms. The smallest absolute Gasteiger partial charge is 0.326 e. The number of nitrogens with zero attached hydrogens (tertiary/aromatic N) is 3. The Bertz CT molecular complexity index is 1210. The highest BCUT2D eigenvalue weighted by molar-refractivity contribution is 7.16. The van der Waals surface area contributed by atoms with E-state index in [9.17, 15) is 19.7 Å². The summed E-state index contributed by atoms with van der Waals surface area (Å²) < 4.78 is 7.18. The van der Waals surface area contributed by atoms with Crippen molar-refractivity contribution in [3.8, 4) is 0 Å². The minimum absolute atomic E-state index is 0.105. The molecule has 1 heterocycles. The molecule has 0 saturated carbocycles. The summed E-state index contributed by atoms with van der Waals surface area (Å²) in [7, 11) is 0. The number of benzene rings is 2. The number of nitro benzene ring substituents is 1. The predicted molar refractivity (Wildman–Crippen MR) is 113 cm³/mol. The van der Waals surface area contributed by atoms with Crippen LogP contribution in [0.2, 0.25) is 0 Å². The molecule has 2 aromatic carbocycles. The average Bonchev–Trinajstić information content (AvgIpc) is 3.00. The number of non-ortho nitro benzene ring substituents is 1. The number of amides is 1. The first-order valence-electron chi connectivity index (χ1n) is 9.35. The van der Waals surface area contributed by atoms with E-state index in [1.165, 1.54) is 28.0 Å². The normalized spacial score (nSPS) is 11.6. The molecule has 0 unspecified atom stereocenters. The number of thiazole rings is 1. The van der Waals surface area contributed by atoms with Crippen LogP contribution in [0.4, 0.5) is 5.69 Å². The first kappa shape index (κ1) is 21.4. The van der Waals surface area contributed by atoms with E-state index in [1.54, 1.807) is 13.0 Å². The van der Waals surface area contributed by atoms with E-state index in [-0.39, 0.29) is 31.2 Å². The lowest BCUT2D eigenvalue weighted by Crippen LogP contribution is -2.23. The van der Waals surface area contributed by atoms with Crippen LogP contribution in [0.25, 0.3) is 10.2 Å². The number of aryl methyl sites for hydroxylation is 2. The second-order valence-corrected chi connectivity index (χ2v) is 7.81. The van der Waals surface area contributed by atoms with Crippen molar-refractivity contribution in [2.24, 2.45) is 4.99 Å². The maximum Gasteiger partial charge on any atom is 0.326 e. The van der Waals surface area contributed by atoms with E-state index in [0.29, 0.717) is 15.0 Å². The van der Waals surface area contributed by atoms with Gasteiger partial charge in [0.05, 0.1) is 28.2 Å². The molecule has 0 saturated heterocycles. The van der Waals surface area contributed by atoms with Crippen molar-refractivity contribution >= 4 is 39.1 Å². The van der Waals surface area contributed by atoms with Gasteiger partial charge < -0.3 is 9.30 Å². The van der Waals surface area contributed by atoms with Gasteiger partial charge in [0.25, 0.3) is 11.6 Å². The molecular weight excluding hydrogens is 406 g/mol. The largest absolute Gasteiger partial charge is 0.465 e. The fraction of sp³-hybridized carbons (Fsp3) is 0.286. The molecule has 0 bridgehead atoms. The Morgan fingerprint density at radius 2 is 1.97 bits per heavy atom. The van der Waals surface area contributed by atoms with Crippen molar-refractivity contribution in [2.75, 3.05) is 6.61 Å². The van der Waals surface area contributed by atoms with Crippen LogP contribution in [0.15, 0.2) is 41.4 Å². The zero-order chi connectivity index (χ0) is 21.8. The zero-order valence-electron chi connectivity index (χ0n) is 16.9. The molecule has 9 heteroatoms. The molecule has 1 amide bonds. The number of carbonyl (C=O) groups excluding carboxylic acids is 2. The summed E-state index contributed by atoms with van der Waals surface area (Å²) in [5.41, 5.74) is 3.35. The van der Waals surface area contributed by atoms with Gasteiger partial charge in [-0.3, -0.25) is 19.7 Å². The van der Waals surface area contributed by atoms with Crippen LogP contribution < -0.4 is 4.80 Å². The van der Waals surface area contributed by atoms with Crippen molar-refractivity contribution in [1.82, 2.24) is 4.57 Å². The summed E-state index contributed by atoms with van der Waals surface area (Å²) in [4.78, 5) is 39.9. The molecule has 8 nitrogen and oxygen atoms in total. The van der Waals surface area contributed by atoms with Gasteiger partial charge in [0.1, 0.15) is 6.54 Å². The van der Waals surface area contributed by atoms with Gasteiger partial charge in [-0.1, -0.05) is 35.1 Å². The van der Waals surface area contributed by atoms with Crippen LogP contribution in [0.5, 0.6) is 0 Å². The third-order valence-electron chi connectivity index (χ3n) is 4.53. The minimum atomic E-state index is -0.507. The molecule has 0 spiro atoms. The Morgan fingerprint density at radius 1 is 1.20 bits per heavy atom. The summed E-state index contributed by atoms with van der Waals surface area (Å²) in [6.45, 7) is 5.63. The number of ether oxygens (including phenoxy) is 1. The molecule has 0 aliphatic heterocycles.